The van der Waals surface area contributed by atoms with Crippen molar-refractivity contribution in [2.45, 2.75) is 6.92 Å². The van der Waals surface area contributed by atoms with E-state index in [9.17, 15) is 4.79 Å². The zero-order valence-corrected chi connectivity index (χ0v) is 16.8. The molecule has 29 heavy (non-hydrogen) atoms. The average Bonchev–Trinajstić information content (AvgIpc) is 2.75. The molecule has 0 amide bonds. The molecular formula is C22H25N5O2. The van der Waals surface area contributed by atoms with Gasteiger partial charge in [0.05, 0.1) is 17.7 Å². The molecule has 1 aromatic heterocycles. The Hall–Kier alpha value is -3.03. The minimum Gasteiger partial charge on any atom is -0.493 e. The van der Waals surface area contributed by atoms with Gasteiger partial charge in [-0.25, -0.2) is 15.0 Å². The first-order valence-electron chi connectivity index (χ1n) is 9.85. The first-order chi connectivity index (χ1) is 14.2. The van der Waals surface area contributed by atoms with E-state index >= 15 is 0 Å². The molecule has 1 aliphatic heterocycles. The summed E-state index contributed by atoms with van der Waals surface area (Å²) in [6.07, 6.45) is 2.66. The number of ether oxygens (including phenoxy) is 1. The summed E-state index contributed by atoms with van der Waals surface area (Å²) in [4.78, 5) is 22.8. The van der Waals surface area contributed by atoms with Crippen LogP contribution in [0.3, 0.4) is 0 Å². The number of nitrogens with zero attached hydrogens (tertiary/aromatic N) is 4. The van der Waals surface area contributed by atoms with Crippen molar-refractivity contribution >= 4 is 23.1 Å². The van der Waals surface area contributed by atoms with Crippen LogP contribution in [0.2, 0.25) is 0 Å². The molecule has 0 saturated carbocycles. The summed E-state index contributed by atoms with van der Waals surface area (Å²) in [6.45, 7) is 6.35. The number of carbonyl (C=O) groups excluding carboxylic acids is 1. The summed E-state index contributed by atoms with van der Waals surface area (Å²) in [7, 11) is 2.13. The van der Waals surface area contributed by atoms with Crippen molar-refractivity contribution in [3.63, 3.8) is 0 Å². The van der Waals surface area contributed by atoms with Crippen LogP contribution in [-0.4, -0.2) is 66.0 Å². The number of aldehydes is 1. The molecule has 4 rings (SSSR count). The number of piperazine rings is 1. The second-order valence-corrected chi connectivity index (χ2v) is 7.17. The third kappa shape index (κ3) is 4.36. The van der Waals surface area contributed by atoms with Crippen LogP contribution in [0.1, 0.15) is 17.3 Å². The highest BCUT2D eigenvalue weighted by Crippen LogP contribution is 2.28. The van der Waals surface area contributed by atoms with Crippen LogP contribution in [0.25, 0.3) is 22.0 Å². The van der Waals surface area contributed by atoms with Gasteiger partial charge >= 0.3 is 0 Å². The van der Waals surface area contributed by atoms with Crippen LogP contribution < -0.4 is 10.2 Å². The number of aromatic nitrogens is 2. The van der Waals surface area contributed by atoms with Crippen molar-refractivity contribution in [2.24, 2.45) is 0 Å². The maximum Gasteiger partial charge on any atom is 0.238 e. The van der Waals surface area contributed by atoms with Crippen LogP contribution in [0.15, 0.2) is 42.6 Å². The van der Waals surface area contributed by atoms with Gasteiger partial charge in [-0.15, -0.1) is 0 Å². The minimum absolute atomic E-state index is 0.526. The maximum atomic E-state index is 11.4. The molecular weight excluding hydrogens is 366 g/mol. The van der Waals surface area contributed by atoms with Crippen LogP contribution in [0.5, 0.6) is 5.75 Å². The van der Waals surface area contributed by atoms with E-state index in [-0.39, 0.29) is 0 Å². The predicted octanol–water partition coefficient (Wildman–Crippen LogP) is 3.08. The van der Waals surface area contributed by atoms with Gasteiger partial charge in [-0.05, 0) is 49.4 Å². The van der Waals surface area contributed by atoms with Gasteiger partial charge in [0.2, 0.25) is 5.95 Å². The Morgan fingerprint density at radius 2 is 1.86 bits per heavy atom. The number of anilines is 1. The minimum atomic E-state index is 0.526. The van der Waals surface area contributed by atoms with Crippen LogP contribution in [0, 0.1) is 0 Å². The van der Waals surface area contributed by atoms with E-state index in [1.54, 1.807) is 0 Å². The second-order valence-electron chi connectivity index (χ2n) is 7.17. The molecule has 1 saturated heterocycles. The number of hydrogen-bond donors (Lipinski definition) is 1. The molecule has 1 aliphatic rings. The van der Waals surface area contributed by atoms with Crippen LogP contribution >= 0.6 is 0 Å². The van der Waals surface area contributed by atoms with Crippen LogP contribution in [-0.2, 0) is 0 Å². The van der Waals surface area contributed by atoms with E-state index in [0.29, 0.717) is 23.9 Å². The number of carbonyl (C=O) groups is 1. The largest absolute Gasteiger partial charge is 0.493 e. The van der Waals surface area contributed by atoms with Gasteiger partial charge in [-0.1, -0.05) is 12.1 Å². The first-order valence-corrected chi connectivity index (χ1v) is 9.85. The number of hydrogen-bond acceptors (Lipinski definition) is 7. The zero-order valence-electron chi connectivity index (χ0n) is 16.8. The smallest absolute Gasteiger partial charge is 0.238 e. The molecule has 2 heterocycles. The van der Waals surface area contributed by atoms with Crippen molar-refractivity contribution in [2.75, 3.05) is 45.3 Å². The molecule has 0 aliphatic carbocycles. The Morgan fingerprint density at radius 1 is 1.10 bits per heavy atom. The van der Waals surface area contributed by atoms with E-state index in [1.807, 2.05) is 49.5 Å². The number of likely N-dealkylation sites (N-methyl/N-ethyl adjacent to an activating group) is 1. The van der Waals surface area contributed by atoms with Crippen LogP contribution in [0.4, 0.5) is 5.95 Å². The highest BCUT2D eigenvalue weighted by molar-refractivity contribution is 5.87. The SMILES string of the molecule is CCOc1ccc(-c2ccc3nc(NN4CCN(C)CC4)ncc3c2)cc1C=O. The molecule has 3 aromatic rings. The Labute approximate surface area is 170 Å². The van der Waals surface area contributed by atoms with Gasteiger partial charge in [0.15, 0.2) is 6.29 Å². The van der Waals surface area contributed by atoms with E-state index in [0.717, 1.165) is 54.5 Å². The summed E-state index contributed by atoms with van der Waals surface area (Å²) >= 11 is 0. The van der Waals surface area contributed by atoms with E-state index in [1.165, 1.54) is 0 Å². The van der Waals surface area contributed by atoms with Crippen molar-refractivity contribution in [3.8, 4) is 16.9 Å². The van der Waals surface area contributed by atoms with E-state index < -0.39 is 0 Å². The summed E-state index contributed by atoms with van der Waals surface area (Å²) in [5.74, 6) is 1.22. The van der Waals surface area contributed by atoms with Gasteiger partial charge in [-0.3, -0.25) is 10.2 Å². The van der Waals surface area contributed by atoms with Crippen molar-refractivity contribution in [1.29, 1.82) is 0 Å². The Kier molecular flexibility index (Phi) is 5.69. The van der Waals surface area contributed by atoms with Gasteiger partial charge in [-0.2, -0.15) is 0 Å². The molecule has 1 N–H and O–H groups in total. The third-order valence-electron chi connectivity index (χ3n) is 5.11. The first kappa shape index (κ1) is 19.3. The molecule has 0 bridgehead atoms. The zero-order chi connectivity index (χ0) is 20.2. The van der Waals surface area contributed by atoms with Gasteiger partial charge in [0.1, 0.15) is 5.75 Å². The number of hydrazine groups is 1. The summed E-state index contributed by atoms with van der Waals surface area (Å²) in [5, 5.41) is 3.10. The lowest BCUT2D eigenvalue weighted by atomic mass is 10.0. The van der Waals surface area contributed by atoms with Gasteiger partial charge in [0.25, 0.3) is 0 Å². The Morgan fingerprint density at radius 3 is 2.62 bits per heavy atom. The molecule has 7 heteroatoms. The van der Waals surface area contributed by atoms with E-state index in [4.69, 9.17) is 4.74 Å². The molecule has 2 aromatic carbocycles. The molecule has 7 nitrogen and oxygen atoms in total. The quantitative estimate of drug-likeness (QED) is 0.648. The molecule has 150 valence electrons. The fourth-order valence-corrected chi connectivity index (χ4v) is 3.43. The summed E-state index contributed by atoms with van der Waals surface area (Å²) in [6, 6.07) is 11.7. The fourth-order valence-electron chi connectivity index (χ4n) is 3.43. The topological polar surface area (TPSA) is 70.6 Å². The lowest BCUT2D eigenvalue weighted by molar-refractivity contribution is 0.112. The number of nitrogens with one attached hydrogen (secondary N) is 1. The molecule has 0 atom stereocenters. The van der Waals surface area contributed by atoms with Crippen molar-refractivity contribution in [3.05, 3.63) is 48.2 Å². The molecule has 0 unspecified atom stereocenters. The standard InChI is InChI=1S/C22H25N5O2/c1-3-29-21-7-5-17(13-19(21)15-28)16-4-6-20-18(12-16)14-23-22(24-20)25-27-10-8-26(2)9-11-27/h4-7,12-15H,3,8-11H2,1-2H3,(H,23,24,25). The molecule has 0 spiro atoms. The molecule has 0 radical (unpaired) electrons. The third-order valence-corrected chi connectivity index (χ3v) is 5.11. The number of rotatable bonds is 6. The monoisotopic (exact) mass is 391 g/mol. The van der Waals surface area contributed by atoms with Crippen molar-refractivity contribution < 1.29 is 9.53 Å². The fraction of sp³-hybridized carbons (Fsp3) is 0.318. The number of benzene rings is 2. The lowest BCUT2D eigenvalue weighted by Crippen LogP contribution is -2.47. The maximum absolute atomic E-state index is 11.4. The summed E-state index contributed by atoms with van der Waals surface area (Å²) in [5.41, 5.74) is 6.69. The Bertz CT molecular complexity index is 1020. The van der Waals surface area contributed by atoms with E-state index in [2.05, 4.69) is 32.4 Å². The summed E-state index contributed by atoms with van der Waals surface area (Å²) < 4.78 is 5.51. The normalized spacial score (nSPS) is 15.4. The second kappa shape index (κ2) is 8.55. The highest BCUT2D eigenvalue weighted by atomic mass is 16.5. The Balaban J connectivity index is 1.56. The number of fused-ring (bicyclic) bond motifs is 1. The lowest BCUT2D eigenvalue weighted by Gasteiger charge is -2.32. The molecule has 1 fully saturated rings. The van der Waals surface area contributed by atoms with Crippen molar-refractivity contribution in [1.82, 2.24) is 19.9 Å². The van der Waals surface area contributed by atoms with Gasteiger partial charge < -0.3 is 9.64 Å². The predicted molar refractivity (Wildman–Crippen MR) is 114 cm³/mol. The average molecular weight is 391 g/mol. The highest BCUT2D eigenvalue weighted by Gasteiger charge is 2.14. The van der Waals surface area contributed by atoms with Gasteiger partial charge in [0, 0.05) is 37.8 Å².